The minimum absolute atomic E-state index is 0.0107. The smallest absolute Gasteiger partial charge is 0.221 e. The summed E-state index contributed by atoms with van der Waals surface area (Å²) >= 11 is 0. The summed E-state index contributed by atoms with van der Waals surface area (Å²) in [5, 5.41) is 2.91. The van der Waals surface area contributed by atoms with E-state index in [2.05, 4.69) is 5.32 Å². The van der Waals surface area contributed by atoms with E-state index in [-0.39, 0.29) is 23.1 Å². The van der Waals surface area contributed by atoms with E-state index in [4.69, 9.17) is 0 Å². The Bertz CT molecular complexity index is 623. The first-order valence-corrected chi connectivity index (χ1v) is 7.73. The maximum absolute atomic E-state index is 12.1. The van der Waals surface area contributed by atoms with Crippen LogP contribution in [0.25, 0.3) is 0 Å². The quantitative estimate of drug-likeness (QED) is 0.761. The molecule has 2 atom stereocenters. The van der Waals surface area contributed by atoms with Crippen LogP contribution in [0.1, 0.15) is 25.3 Å². The number of amides is 1. The van der Waals surface area contributed by atoms with Gasteiger partial charge in [0.1, 0.15) is 0 Å². The molecule has 5 heteroatoms. The zero-order valence-corrected chi connectivity index (χ0v) is 11.0. The number of rotatable bonds is 0. The van der Waals surface area contributed by atoms with Gasteiger partial charge in [-0.1, -0.05) is 18.2 Å². The van der Waals surface area contributed by atoms with Crippen LogP contribution in [0.15, 0.2) is 29.2 Å². The zero-order valence-electron chi connectivity index (χ0n) is 10.1. The third kappa shape index (κ3) is 1.43. The molecule has 0 aliphatic carbocycles. The molecule has 1 aromatic rings. The van der Waals surface area contributed by atoms with Gasteiger partial charge in [-0.3, -0.25) is 4.79 Å². The maximum atomic E-state index is 12.1. The van der Waals surface area contributed by atoms with Gasteiger partial charge < -0.3 is 5.32 Å². The van der Waals surface area contributed by atoms with Gasteiger partial charge in [-0.25, -0.2) is 8.42 Å². The highest BCUT2D eigenvalue weighted by atomic mass is 32.2. The molecule has 0 aromatic heterocycles. The molecule has 1 amide bonds. The van der Waals surface area contributed by atoms with Crippen LogP contribution in [0.5, 0.6) is 0 Å². The highest BCUT2D eigenvalue weighted by Gasteiger charge is 2.50. The molecule has 1 saturated heterocycles. The molecule has 0 bridgehead atoms. The first-order chi connectivity index (χ1) is 8.46. The van der Waals surface area contributed by atoms with E-state index in [1.54, 1.807) is 12.1 Å². The van der Waals surface area contributed by atoms with Gasteiger partial charge in [-0.15, -0.1) is 0 Å². The number of hydrogen-bond donors (Lipinski definition) is 1. The number of fused-ring (bicyclic) bond motifs is 2. The van der Waals surface area contributed by atoms with Crippen molar-refractivity contribution >= 4 is 15.7 Å². The maximum Gasteiger partial charge on any atom is 0.221 e. The molecule has 2 heterocycles. The monoisotopic (exact) mass is 265 g/mol. The minimum Gasteiger partial charge on any atom is -0.353 e. The second-order valence-corrected chi connectivity index (χ2v) is 7.26. The van der Waals surface area contributed by atoms with Gasteiger partial charge in [-0.05, 0) is 25.0 Å². The van der Waals surface area contributed by atoms with Crippen LogP contribution in [0.4, 0.5) is 0 Å². The molecule has 2 aliphatic rings. The van der Waals surface area contributed by atoms with Crippen molar-refractivity contribution in [2.45, 2.75) is 36.1 Å². The first kappa shape index (κ1) is 11.7. The van der Waals surface area contributed by atoms with Crippen LogP contribution >= 0.6 is 0 Å². The van der Waals surface area contributed by atoms with Crippen molar-refractivity contribution in [2.75, 3.05) is 5.75 Å². The van der Waals surface area contributed by atoms with Crippen LogP contribution in [0, 0.1) is 0 Å². The van der Waals surface area contributed by atoms with Crippen LogP contribution in [-0.2, 0) is 20.0 Å². The van der Waals surface area contributed by atoms with Gasteiger partial charge in [0.05, 0.1) is 10.6 Å². The number of carbonyl (C=O) groups excluding carboxylic acids is 1. The minimum atomic E-state index is -3.19. The molecule has 96 valence electrons. The number of sulfone groups is 1. The van der Waals surface area contributed by atoms with Crippen LogP contribution in [0.3, 0.4) is 0 Å². The number of benzene rings is 1. The van der Waals surface area contributed by atoms with E-state index in [1.807, 2.05) is 19.1 Å². The van der Waals surface area contributed by atoms with E-state index in [0.717, 1.165) is 5.56 Å². The summed E-state index contributed by atoms with van der Waals surface area (Å²) in [6.45, 7) is 1.96. The summed E-state index contributed by atoms with van der Waals surface area (Å²) < 4.78 is 24.2. The van der Waals surface area contributed by atoms with Crippen LogP contribution in [-0.4, -0.2) is 26.1 Å². The highest BCUT2D eigenvalue weighted by Crippen LogP contribution is 2.45. The molecule has 18 heavy (non-hydrogen) atoms. The first-order valence-electron chi connectivity index (χ1n) is 6.07. The molecule has 2 unspecified atom stereocenters. The van der Waals surface area contributed by atoms with Crippen molar-refractivity contribution < 1.29 is 13.2 Å². The lowest BCUT2D eigenvalue weighted by Gasteiger charge is -2.37. The van der Waals surface area contributed by atoms with Crippen molar-refractivity contribution in [2.24, 2.45) is 0 Å². The molecule has 3 rings (SSSR count). The second kappa shape index (κ2) is 3.57. The Morgan fingerprint density at radius 3 is 2.72 bits per heavy atom. The van der Waals surface area contributed by atoms with Gasteiger partial charge in [0.15, 0.2) is 9.84 Å². The Labute approximate surface area is 106 Å². The van der Waals surface area contributed by atoms with E-state index >= 15 is 0 Å². The third-order valence-electron chi connectivity index (χ3n) is 4.26. The number of nitrogens with one attached hydrogen (secondary N) is 1. The fourth-order valence-electron chi connectivity index (χ4n) is 3.21. The molecule has 4 nitrogen and oxygen atoms in total. The Balaban J connectivity index is 2.25. The predicted octanol–water partition coefficient (Wildman–Crippen LogP) is 1.01. The summed E-state index contributed by atoms with van der Waals surface area (Å²) in [5.41, 5.74) is 0.459. The number of hydrogen-bond acceptors (Lipinski definition) is 3. The zero-order chi connectivity index (χ0) is 13.0. The SMILES string of the molecule is CC1NC(=O)CC12CCS(=O)(=O)c1ccccc12. The van der Waals surface area contributed by atoms with Gasteiger partial charge in [0, 0.05) is 17.9 Å². The lowest BCUT2D eigenvalue weighted by molar-refractivity contribution is -0.119. The van der Waals surface area contributed by atoms with Crippen molar-refractivity contribution in [1.29, 1.82) is 0 Å². The molecule has 1 fully saturated rings. The number of carbonyl (C=O) groups is 1. The van der Waals surface area contributed by atoms with Crippen molar-refractivity contribution in [3.63, 3.8) is 0 Å². The summed E-state index contributed by atoms with van der Waals surface area (Å²) in [5.74, 6) is 0.139. The Kier molecular flexibility index (Phi) is 2.32. The molecule has 0 saturated carbocycles. The fourth-order valence-corrected chi connectivity index (χ4v) is 4.96. The van der Waals surface area contributed by atoms with Crippen molar-refractivity contribution in [3.8, 4) is 0 Å². The normalized spacial score (nSPS) is 33.2. The van der Waals surface area contributed by atoms with E-state index in [9.17, 15) is 13.2 Å². The van der Waals surface area contributed by atoms with Crippen LogP contribution < -0.4 is 5.32 Å². The Morgan fingerprint density at radius 1 is 1.33 bits per heavy atom. The molecule has 1 N–H and O–H groups in total. The summed E-state index contributed by atoms with van der Waals surface area (Å²) in [6, 6.07) is 7.08. The fraction of sp³-hybridized carbons (Fsp3) is 0.462. The summed E-state index contributed by atoms with van der Waals surface area (Å²) in [6.07, 6.45) is 0.910. The second-order valence-electron chi connectivity index (χ2n) is 5.19. The van der Waals surface area contributed by atoms with Crippen LogP contribution in [0.2, 0.25) is 0 Å². The lowest BCUT2D eigenvalue weighted by Crippen LogP contribution is -2.43. The molecular formula is C13H15NO3S. The van der Waals surface area contributed by atoms with Gasteiger partial charge in [-0.2, -0.15) is 0 Å². The summed E-state index contributed by atoms with van der Waals surface area (Å²) in [4.78, 5) is 12.0. The average Bonchev–Trinajstić information content (AvgIpc) is 2.61. The van der Waals surface area contributed by atoms with Gasteiger partial charge in [0.2, 0.25) is 5.91 Å². The molecule has 0 radical (unpaired) electrons. The standard InChI is InChI=1S/C13H15NO3S/c1-9-13(8-12(15)14-9)6-7-18(16,17)11-5-3-2-4-10(11)13/h2-5,9H,6-8H2,1H3,(H,14,15). The van der Waals surface area contributed by atoms with Crippen molar-refractivity contribution in [1.82, 2.24) is 5.32 Å². The summed E-state index contributed by atoms with van der Waals surface area (Å²) in [7, 11) is -3.19. The van der Waals surface area contributed by atoms with Gasteiger partial charge >= 0.3 is 0 Å². The Morgan fingerprint density at radius 2 is 2.06 bits per heavy atom. The molecule has 1 spiro atoms. The molecule has 1 aromatic carbocycles. The molecular weight excluding hydrogens is 250 g/mol. The van der Waals surface area contributed by atoms with Crippen molar-refractivity contribution in [3.05, 3.63) is 29.8 Å². The third-order valence-corrected chi connectivity index (χ3v) is 6.03. The van der Waals surface area contributed by atoms with E-state index in [0.29, 0.717) is 17.7 Å². The largest absolute Gasteiger partial charge is 0.353 e. The topological polar surface area (TPSA) is 63.2 Å². The van der Waals surface area contributed by atoms with E-state index in [1.165, 1.54) is 0 Å². The Hall–Kier alpha value is -1.36. The highest BCUT2D eigenvalue weighted by molar-refractivity contribution is 7.91. The molecule has 2 aliphatic heterocycles. The average molecular weight is 265 g/mol. The van der Waals surface area contributed by atoms with E-state index < -0.39 is 9.84 Å². The predicted molar refractivity (Wildman–Crippen MR) is 67.0 cm³/mol. The van der Waals surface area contributed by atoms with Gasteiger partial charge in [0.25, 0.3) is 0 Å². The lowest BCUT2D eigenvalue weighted by atomic mass is 9.72.